The number of carbonyl (C=O) groups excluding carboxylic acids is 1. The standard InChI is InChI=1S/C28H35N3O3S/c29-35(33,34)27-18-16-25(17-19-27)31-28(23-12-6-3-7-13-23)21-24(30-31)14-8-9-15-26(32)20-22-10-4-1-2-5-11-22/h3,6-7,12-13,16-19,21-22H,1-2,4-5,8-11,14-15,20H2,(H2,29,33,34). The summed E-state index contributed by atoms with van der Waals surface area (Å²) in [6.45, 7) is 0. The van der Waals surface area contributed by atoms with Crippen molar-refractivity contribution in [2.45, 2.75) is 75.5 Å². The average Bonchev–Trinajstić information content (AvgIpc) is 3.11. The van der Waals surface area contributed by atoms with E-state index in [0.717, 1.165) is 48.3 Å². The van der Waals surface area contributed by atoms with E-state index in [4.69, 9.17) is 10.2 Å². The molecule has 4 rings (SSSR count). The van der Waals surface area contributed by atoms with E-state index in [1.807, 2.05) is 35.0 Å². The van der Waals surface area contributed by atoms with Crippen molar-refractivity contribution in [2.24, 2.45) is 11.1 Å². The molecule has 1 aromatic heterocycles. The van der Waals surface area contributed by atoms with Crippen LogP contribution in [0, 0.1) is 5.92 Å². The highest BCUT2D eigenvalue weighted by Gasteiger charge is 2.17. The van der Waals surface area contributed by atoms with Gasteiger partial charge in [-0.2, -0.15) is 5.10 Å². The number of unbranched alkanes of at least 4 members (excludes halogenated alkanes) is 1. The molecule has 0 radical (unpaired) electrons. The lowest BCUT2D eigenvalue weighted by molar-refractivity contribution is -0.120. The number of aryl methyl sites for hydroxylation is 1. The van der Waals surface area contributed by atoms with E-state index in [0.29, 0.717) is 18.1 Å². The summed E-state index contributed by atoms with van der Waals surface area (Å²) in [4.78, 5) is 12.6. The number of hydrogen-bond acceptors (Lipinski definition) is 4. The average molecular weight is 494 g/mol. The van der Waals surface area contributed by atoms with E-state index in [1.54, 1.807) is 12.1 Å². The molecular weight excluding hydrogens is 458 g/mol. The highest BCUT2D eigenvalue weighted by molar-refractivity contribution is 7.89. The molecule has 1 saturated carbocycles. The minimum Gasteiger partial charge on any atom is -0.300 e. The van der Waals surface area contributed by atoms with Gasteiger partial charge in [-0.3, -0.25) is 4.79 Å². The van der Waals surface area contributed by atoms with Crippen LogP contribution in [0.1, 0.15) is 69.9 Å². The minimum absolute atomic E-state index is 0.0726. The first-order valence-corrected chi connectivity index (χ1v) is 14.2. The van der Waals surface area contributed by atoms with Gasteiger partial charge in [0, 0.05) is 18.4 Å². The summed E-state index contributed by atoms with van der Waals surface area (Å²) in [5.41, 5.74) is 3.69. The molecule has 2 N–H and O–H groups in total. The maximum Gasteiger partial charge on any atom is 0.238 e. The van der Waals surface area contributed by atoms with Gasteiger partial charge in [-0.25, -0.2) is 18.2 Å². The van der Waals surface area contributed by atoms with Crippen LogP contribution >= 0.6 is 0 Å². The molecule has 0 atom stereocenters. The molecular formula is C28H35N3O3S. The first-order valence-electron chi connectivity index (χ1n) is 12.7. The summed E-state index contributed by atoms with van der Waals surface area (Å²) < 4.78 is 25.1. The second-order valence-corrected chi connectivity index (χ2v) is 11.2. The predicted octanol–water partition coefficient (Wildman–Crippen LogP) is 5.83. The molecule has 0 bridgehead atoms. The zero-order valence-electron chi connectivity index (χ0n) is 20.2. The van der Waals surface area contributed by atoms with Crippen LogP contribution in [-0.2, 0) is 21.2 Å². The molecule has 3 aromatic rings. The van der Waals surface area contributed by atoms with Crippen molar-refractivity contribution >= 4 is 15.8 Å². The number of rotatable bonds is 10. The Bertz CT molecular complexity index is 1210. The number of ketones is 1. The highest BCUT2D eigenvalue weighted by Crippen LogP contribution is 2.27. The van der Waals surface area contributed by atoms with Gasteiger partial charge in [0.05, 0.1) is 22.0 Å². The Hall–Kier alpha value is -2.77. The second-order valence-electron chi connectivity index (χ2n) is 9.65. The fraction of sp³-hybridized carbons (Fsp3) is 0.429. The van der Waals surface area contributed by atoms with Crippen LogP contribution in [0.4, 0.5) is 0 Å². The third kappa shape index (κ3) is 7.12. The van der Waals surface area contributed by atoms with Crippen molar-refractivity contribution in [3.8, 4) is 16.9 Å². The number of aromatic nitrogens is 2. The lowest BCUT2D eigenvalue weighted by atomic mass is 9.93. The van der Waals surface area contributed by atoms with Gasteiger partial charge in [0.1, 0.15) is 5.78 Å². The van der Waals surface area contributed by atoms with E-state index in [2.05, 4.69) is 6.07 Å². The molecule has 0 spiro atoms. The Morgan fingerprint density at radius 2 is 1.63 bits per heavy atom. The number of primary sulfonamides is 1. The minimum atomic E-state index is -3.75. The lowest BCUT2D eigenvalue weighted by Crippen LogP contribution is -2.12. The number of carbonyl (C=O) groups is 1. The smallest absolute Gasteiger partial charge is 0.238 e. The molecule has 0 amide bonds. The van der Waals surface area contributed by atoms with E-state index in [-0.39, 0.29) is 4.90 Å². The Morgan fingerprint density at radius 1 is 0.943 bits per heavy atom. The highest BCUT2D eigenvalue weighted by atomic mass is 32.2. The van der Waals surface area contributed by atoms with Crippen LogP contribution in [0.3, 0.4) is 0 Å². The summed E-state index contributed by atoms with van der Waals surface area (Å²) in [5, 5.41) is 10.1. The number of nitrogens with zero attached hydrogens (tertiary/aromatic N) is 2. The third-order valence-electron chi connectivity index (χ3n) is 6.87. The van der Waals surface area contributed by atoms with Crippen molar-refractivity contribution < 1.29 is 13.2 Å². The van der Waals surface area contributed by atoms with Gasteiger partial charge in [-0.1, -0.05) is 68.9 Å². The van der Waals surface area contributed by atoms with Gasteiger partial charge in [-0.05, 0) is 55.5 Å². The van der Waals surface area contributed by atoms with Crippen molar-refractivity contribution in [1.82, 2.24) is 9.78 Å². The van der Waals surface area contributed by atoms with E-state index in [9.17, 15) is 13.2 Å². The topological polar surface area (TPSA) is 95.1 Å². The van der Waals surface area contributed by atoms with Gasteiger partial charge in [-0.15, -0.1) is 0 Å². The zero-order chi connectivity index (χ0) is 24.7. The summed E-state index contributed by atoms with van der Waals surface area (Å²) in [6, 6.07) is 18.5. The van der Waals surface area contributed by atoms with Crippen LogP contribution in [0.15, 0.2) is 65.6 Å². The lowest BCUT2D eigenvalue weighted by Gasteiger charge is -2.12. The predicted molar refractivity (Wildman–Crippen MR) is 139 cm³/mol. The van der Waals surface area contributed by atoms with Crippen LogP contribution in [-0.4, -0.2) is 24.0 Å². The fourth-order valence-electron chi connectivity index (χ4n) is 4.96. The van der Waals surface area contributed by atoms with Crippen molar-refractivity contribution in [1.29, 1.82) is 0 Å². The van der Waals surface area contributed by atoms with E-state index >= 15 is 0 Å². The van der Waals surface area contributed by atoms with Gasteiger partial charge in [0.15, 0.2) is 0 Å². The number of sulfonamides is 1. The van der Waals surface area contributed by atoms with Crippen molar-refractivity contribution in [3.63, 3.8) is 0 Å². The fourth-order valence-corrected chi connectivity index (χ4v) is 5.48. The largest absolute Gasteiger partial charge is 0.300 e. The molecule has 1 aliphatic rings. The first-order chi connectivity index (χ1) is 16.9. The van der Waals surface area contributed by atoms with Gasteiger partial charge < -0.3 is 0 Å². The number of benzene rings is 2. The monoisotopic (exact) mass is 493 g/mol. The maximum absolute atomic E-state index is 12.5. The Balaban J connectivity index is 1.41. The summed E-state index contributed by atoms with van der Waals surface area (Å²) >= 11 is 0. The van der Waals surface area contributed by atoms with Gasteiger partial charge in [0.2, 0.25) is 10.0 Å². The quantitative estimate of drug-likeness (QED) is 0.284. The molecule has 0 saturated heterocycles. The summed E-state index contributed by atoms with van der Waals surface area (Å²) in [7, 11) is -3.75. The Morgan fingerprint density at radius 3 is 2.29 bits per heavy atom. The van der Waals surface area contributed by atoms with Crippen LogP contribution in [0.25, 0.3) is 16.9 Å². The normalized spacial score (nSPS) is 15.1. The number of Topliss-reactive ketones (excluding diaryl/α,β-unsaturated/α-hetero) is 1. The Kier molecular flexibility index (Phi) is 8.52. The van der Waals surface area contributed by atoms with E-state index < -0.39 is 10.0 Å². The van der Waals surface area contributed by atoms with Gasteiger partial charge in [0.25, 0.3) is 0 Å². The Labute approximate surface area is 208 Å². The second kappa shape index (κ2) is 11.8. The maximum atomic E-state index is 12.5. The van der Waals surface area contributed by atoms with Crippen LogP contribution in [0.2, 0.25) is 0 Å². The van der Waals surface area contributed by atoms with Crippen LogP contribution in [0.5, 0.6) is 0 Å². The zero-order valence-corrected chi connectivity index (χ0v) is 21.1. The molecule has 1 fully saturated rings. The number of hydrogen-bond donors (Lipinski definition) is 1. The third-order valence-corrected chi connectivity index (χ3v) is 7.80. The molecule has 1 heterocycles. The molecule has 1 aliphatic carbocycles. The van der Waals surface area contributed by atoms with Crippen molar-refractivity contribution in [2.75, 3.05) is 0 Å². The molecule has 7 heteroatoms. The van der Waals surface area contributed by atoms with Crippen molar-refractivity contribution in [3.05, 3.63) is 66.4 Å². The van der Waals surface area contributed by atoms with E-state index in [1.165, 1.54) is 50.7 Å². The summed E-state index contributed by atoms with van der Waals surface area (Å²) in [6.07, 6.45) is 11.6. The van der Waals surface area contributed by atoms with Gasteiger partial charge >= 0.3 is 0 Å². The molecule has 0 aliphatic heterocycles. The SMILES string of the molecule is NS(=O)(=O)c1ccc(-n2nc(CCCCC(=O)CC3CCCCCC3)cc2-c2ccccc2)cc1. The molecule has 0 unspecified atom stereocenters. The molecule has 2 aromatic carbocycles. The van der Waals surface area contributed by atoms with Crippen LogP contribution < -0.4 is 5.14 Å². The summed E-state index contributed by atoms with van der Waals surface area (Å²) in [5.74, 6) is 0.997. The first kappa shape index (κ1) is 25.3. The molecule has 6 nitrogen and oxygen atoms in total. The number of nitrogens with two attached hydrogens (primary N) is 1. The molecule has 35 heavy (non-hydrogen) atoms. The molecule has 186 valence electrons.